The van der Waals surface area contributed by atoms with Crippen molar-refractivity contribution in [2.75, 3.05) is 39.1 Å². The van der Waals surface area contributed by atoms with Crippen molar-refractivity contribution in [2.24, 2.45) is 0 Å². The average molecular weight is 403 g/mol. The summed E-state index contributed by atoms with van der Waals surface area (Å²) in [6, 6.07) is 0. The standard InChI is InChI=1S/C16H36NO6PS/c1-17(2,14-12-16-25(21,22)23)13-10-8-6-4-3-5-7-9-11-15-24(18,19)20/h3-16H2,1-2H3,(H2-,18,19,20,21,22,23)/p+1. The SMILES string of the molecule is C[N+](C)(CCCCCCCCCCCP(=O)(O)O)CCCS(=O)(=O)O. The third-order valence-corrected chi connectivity index (χ3v) is 6.08. The summed E-state index contributed by atoms with van der Waals surface area (Å²) in [7, 11) is -3.49. The van der Waals surface area contributed by atoms with E-state index in [0.29, 0.717) is 12.8 Å². The van der Waals surface area contributed by atoms with Crippen LogP contribution in [0.4, 0.5) is 0 Å². The molecule has 0 amide bonds. The van der Waals surface area contributed by atoms with Crippen LogP contribution in [-0.2, 0) is 14.7 Å². The number of hydrogen-bond donors (Lipinski definition) is 3. The van der Waals surface area contributed by atoms with Crippen LogP contribution in [0.5, 0.6) is 0 Å². The van der Waals surface area contributed by atoms with E-state index in [1.807, 2.05) is 0 Å². The summed E-state index contributed by atoms with van der Waals surface area (Å²) in [5, 5.41) is 0. The van der Waals surface area contributed by atoms with Crippen LogP contribution in [0, 0.1) is 0 Å². The Bertz CT molecular complexity index is 489. The second kappa shape index (κ2) is 12.4. The minimum absolute atomic E-state index is 0.00523. The molecule has 0 atom stereocenters. The van der Waals surface area contributed by atoms with Crippen LogP contribution in [0.25, 0.3) is 0 Å². The van der Waals surface area contributed by atoms with Gasteiger partial charge >= 0.3 is 7.60 Å². The molecule has 0 radical (unpaired) electrons. The Labute approximate surface area is 153 Å². The summed E-state index contributed by atoms with van der Waals surface area (Å²) in [4.78, 5) is 17.5. The van der Waals surface area contributed by atoms with Gasteiger partial charge in [0.2, 0.25) is 0 Å². The molecular formula is C16H37NO6PS+. The predicted molar refractivity (Wildman–Crippen MR) is 101 cm³/mol. The Morgan fingerprint density at radius 3 is 1.60 bits per heavy atom. The highest BCUT2D eigenvalue weighted by Gasteiger charge is 2.16. The van der Waals surface area contributed by atoms with Gasteiger partial charge in [-0.25, -0.2) is 0 Å². The lowest BCUT2D eigenvalue weighted by atomic mass is 10.1. The molecule has 0 aromatic rings. The van der Waals surface area contributed by atoms with E-state index in [2.05, 4.69) is 14.1 Å². The molecule has 0 fully saturated rings. The van der Waals surface area contributed by atoms with E-state index in [1.165, 1.54) is 19.3 Å². The van der Waals surface area contributed by atoms with Crippen molar-refractivity contribution >= 4 is 17.7 Å². The topological polar surface area (TPSA) is 112 Å². The normalized spacial score (nSPS) is 13.3. The molecule has 0 aromatic heterocycles. The fraction of sp³-hybridized carbons (Fsp3) is 1.00. The lowest BCUT2D eigenvalue weighted by Crippen LogP contribution is -2.41. The van der Waals surface area contributed by atoms with Crippen molar-refractivity contribution in [1.29, 1.82) is 0 Å². The molecule has 0 rings (SSSR count). The van der Waals surface area contributed by atoms with Crippen molar-refractivity contribution < 1.29 is 31.8 Å². The number of rotatable bonds is 16. The maximum atomic E-state index is 10.7. The van der Waals surface area contributed by atoms with Crippen LogP contribution in [0.15, 0.2) is 0 Å². The number of quaternary nitrogens is 1. The van der Waals surface area contributed by atoms with E-state index in [4.69, 9.17) is 14.3 Å². The molecule has 0 aliphatic carbocycles. The van der Waals surface area contributed by atoms with Crippen LogP contribution in [-0.4, -0.2) is 66.3 Å². The molecule has 0 unspecified atom stereocenters. The van der Waals surface area contributed by atoms with Crippen molar-refractivity contribution in [3.63, 3.8) is 0 Å². The van der Waals surface area contributed by atoms with E-state index >= 15 is 0 Å². The summed E-state index contributed by atoms with van der Waals surface area (Å²) < 4.78 is 41.7. The van der Waals surface area contributed by atoms with Gasteiger partial charge in [0.15, 0.2) is 0 Å². The first-order valence-electron chi connectivity index (χ1n) is 9.23. The molecule has 3 N–H and O–H groups in total. The lowest BCUT2D eigenvalue weighted by Gasteiger charge is -2.29. The molecule has 9 heteroatoms. The predicted octanol–water partition coefficient (Wildman–Crippen LogP) is 3.03. The first kappa shape index (κ1) is 25.0. The molecule has 0 spiro atoms. The lowest BCUT2D eigenvalue weighted by molar-refractivity contribution is -0.890. The molecule has 0 saturated heterocycles. The second-order valence-corrected chi connectivity index (χ2v) is 10.9. The van der Waals surface area contributed by atoms with Crippen LogP contribution in [0.3, 0.4) is 0 Å². The molecule has 25 heavy (non-hydrogen) atoms. The fourth-order valence-electron chi connectivity index (χ4n) is 2.88. The van der Waals surface area contributed by atoms with Gasteiger partial charge < -0.3 is 14.3 Å². The van der Waals surface area contributed by atoms with E-state index < -0.39 is 17.7 Å². The first-order chi connectivity index (χ1) is 11.4. The Morgan fingerprint density at radius 1 is 0.760 bits per heavy atom. The smallest absolute Gasteiger partial charge is 0.325 e. The number of nitrogens with zero attached hydrogens (tertiary/aromatic N) is 1. The summed E-state index contributed by atoms with van der Waals surface area (Å²) >= 11 is 0. The van der Waals surface area contributed by atoms with Gasteiger partial charge in [0.1, 0.15) is 0 Å². The minimum Gasteiger partial charge on any atom is -0.328 e. The van der Waals surface area contributed by atoms with E-state index in [9.17, 15) is 13.0 Å². The Morgan fingerprint density at radius 2 is 1.16 bits per heavy atom. The zero-order valence-electron chi connectivity index (χ0n) is 15.8. The summed E-state index contributed by atoms with van der Waals surface area (Å²) in [5.74, 6) is -0.164. The van der Waals surface area contributed by atoms with Gasteiger partial charge in [0.05, 0.1) is 32.9 Å². The molecule has 152 valence electrons. The Balaban J connectivity index is 3.46. The molecular weight excluding hydrogens is 365 g/mol. The summed E-state index contributed by atoms with van der Waals surface area (Å²) in [6.45, 7) is 1.75. The van der Waals surface area contributed by atoms with Gasteiger partial charge in [0.25, 0.3) is 10.1 Å². The third-order valence-electron chi connectivity index (χ3n) is 4.38. The third kappa shape index (κ3) is 20.2. The van der Waals surface area contributed by atoms with E-state index in [0.717, 1.165) is 49.7 Å². The molecule has 0 aliphatic heterocycles. The second-order valence-electron chi connectivity index (χ2n) is 7.59. The van der Waals surface area contributed by atoms with Gasteiger partial charge in [-0.2, -0.15) is 8.42 Å². The number of hydrogen-bond acceptors (Lipinski definition) is 3. The molecule has 0 aliphatic rings. The van der Waals surface area contributed by atoms with Crippen molar-refractivity contribution in [3.8, 4) is 0 Å². The maximum absolute atomic E-state index is 10.7. The zero-order chi connectivity index (χ0) is 19.4. The molecule has 0 heterocycles. The van der Waals surface area contributed by atoms with Crippen LogP contribution in [0.2, 0.25) is 0 Å². The Kier molecular flexibility index (Phi) is 12.4. The minimum atomic E-state index is -3.85. The van der Waals surface area contributed by atoms with Gasteiger partial charge in [-0.15, -0.1) is 0 Å². The monoisotopic (exact) mass is 402 g/mol. The highest BCUT2D eigenvalue weighted by atomic mass is 32.2. The average Bonchev–Trinajstić information content (AvgIpc) is 2.41. The van der Waals surface area contributed by atoms with Crippen LogP contribution in [0.1, 0.15) is 64.2 Å². The molecule has 7 nitrogen and oxygen atoms in total. The molecule has 0 bridgehead atoms. The van der Waals surface area contributed by atoms with Gasteiger partial charge in [0, 0.05) is 12.6 Å². The summed E-state index contributed by atoms with van der Waals surface area (Å²) in [6.07, 6.45) is 9.97. The quantitative estimate of drug-likeness (QED) is 0.158. The maximum Gasteiger partial charge on any atom is 0.325 e. The van der Waals surface area contributed by atoms with E-state index in [1.54, 1.807) is 0 Å². The van der Waals surface area contributed by atoms with Gasteiger partial charge in [-0.05, 0) is 19.3 Å². The van der Waals surface area contributed by atoms with Crippen LogP contribution >= 0.6 is 7.60 Å². The Hall–Kier alpha value is 0.0200. The zero-order valence-corrected chi connectivity index (χ0v) is 17.5. The highest BCUT2D eigenvalue weighted by Crippen LogP contribution is 2.35. The van der Waals surface area contributed by atoms with Gasteiger partial charge in [-0.1, -0.05) is 38.5 Å². The largest absolute Gasteiger partial charge is 0.328 e. The van der Waals surface area contributed by atoms with Crippen molar-refractivity contribution in [2.45, 2.75) is 64.2 Å². The first-order valence-corrected chi connectivity index (χ1v) is 12.6. The number of unbranched alkanes of at least 4 members (excludes halogenated alkanes) is 8. The van der Waals surface area contributed by atoms with Crippen molar-refractivity contribution in [3.05, 3.63) is 0 Å². The fourth-order valence-corrected chi connectivity index (χ4v) is 4.01. The molecule has 0 aromatic carbocycles. The summed E-state index contributed by atoms with van der Waals surface area (Å²) in [5.41, 5.74) is 0. The van der Waals surface area contributed by atoms with Gasteiger partial charge in [-0.3, -0.25) is 9.12 Å². The molecule has 0 saturated carbocycles. The van der Waals surface area contributed by atoms with Crippen molar-refractivity contribution in [1.82, 2.24) is 0 Å². The van der Waals surface area contributed by atoms with Crippen LogP contribution < -0.4 is 0 Å². The highest BCUT2D eigenvalue weighted by molar-refractivity contribution is 7.85. The van der Waals surface area contributed by atoms with E-state index in [-0.39, 0.29) is 11.9 Å².